The third-order valence-electron chi connectivity index (χ3n) is 2.91. The van der Waals surface area contributed by atoms with Crippen molar-refractivity contribution in [1.29, 1.82) is 0 Å². The Bertz CT molecular complexity index is 682. The van der Waals surface area contributed by atoms with Crippen molar-refractivity contribution in [1.82, 2.24) is 15.1 Å². The minimum Gasteiger partial charge on any atom is -0.350 e. The van der Waals surface area contributed by atoms with Gasteiger partial charge in [-0.05, 0) is 24.3 Å². The van der Waals surface area contributed by atoms with Gasteiger partial charge in [-0.25, -0.2) is 4.68 Å². The van der Waals surface area contributed by atoms with Crippen LogP contribution >= 0.6 is 11.6 Å². The van der Waals surface area contributed by atoms with Gasteiger partial charge in [0.15, 0.2) is 5.69 Å². The summed E-state index contributed by atoms with van der Waals surface area (Å²) in [5.74, 6) is -0.257. The molecule has 0 bridgehead atoms. The molecule has 0 aliphatic heterocycles. The van der Waals surface area contributed by atoms with E-state index in [9.17, 15) is 18.0 Å². The second kappa shape index (κ2) is 6.39. The molecule has 1 amide bonds. The van der Waals surface area contributed by atoms with Crippen molar-refractivity contribution in [2.24, 2.45) is 0 Å². The summed E-state index contributed by atoms with van der Waals surface area (Å²) in [5, 5.41) is 6.50. The number of hydrogen-bond acceptors (Lipinski definition) is 2. The number of hydrogen-bond donors (Lipinski definition) is 1. The zero-order valence-corrected chi connectivity index (χ0v) is 12.4. The van der Waals surface area contributed by atoms with Crippen LogP contribution in [0.15, 0.2) is 30.3 Å². The molecule has 0 atom stereocenters. The first-order valence-electron chi connectivity index (χ1n) is 6.50. The van der Waals surface area contributed by atoms with Crippen molar-refractivity contribution in [2.75, 3.05) is 0 Å². The largest absolute Gasteiger partial charge is 0.435 e. The van der Waals surface area contributed by atoms with Gasteiger partial charge in [0, 0.05) is 11.4 Å². The fraction of sp³-hybridized carbons (Fsp3) is 0.286. The van der Waals surface area contributed by atoms with Crippen LogP contribution in [-0.2, 0) is 17.5 Å². The summed E-state index contributed by atoms with van der Waals surface area (Å²) in [6, 6.07) is 7.22. The predicted octanol–water partition coefficient (Wildman–Crippen LogP) is 3.57. The smallest absolute Gasteiger partial charge is 0.350 e. The van der Waals surface area contributed by atoms with Gasteiger partial charge >= 0.3 is 6.18 Å². The number of carbonyl (C=O) groups excluding carboxylic acids is 1. The maximum Gasteiger partial charge on any atom is 0.435 e. The number of aromatic nitrogens is 2. The summed E-state index contributed by atoms with van der Waals surface area (Å²) in [5.41, 5.74) is -0.409. The number of amides is 1. The first-order chi connectivity index (χ1) is 10.3. The van der Waals surface area contributed by atoms with E-state index in [4.69, 9.17) is 11.6 Å². The maximum atomic E-state index is 12.9. The number of carbonyl (C=O) groups is 1. The summed E-state index contributed by atoms with van der Waals surface area (Å²) < 4.78 is 39.7. The van der Waals surface area contributed by atoms with E-state index in [1.165, 1.54) is 6.07 Å². The molecule has 118 valence electrons. The van der Waals surface area contributed by atoms with E-state index < -0.39 is 11.9 Å². The molecule has 1 heterocycles. The van der Waals surface area contributed by atoms with Gasteiger partial charge in [-0.2, -0.15) is 18.3 Å². The van der Waals surface area contributed by atoms with E-state index in [0.29, 0.717) is 10.7 Å². The summed E-state index contributed by atoms with van der Waals surface area (Å²) >= 11 is 5.86. The van der Waals surface area contributed by atoms with Crippen LogP contribution in [0.1, 0.15) is 24.7 Å². The quantitative estimate of drug-likeness (QED) is 0.931. The molecular weight excluding hydrogens is 319 g/mol. The van der Waals surface area contributed by atoms with Gasteiger partial charge in [0.25, 0.3) is 0 Å². The average Bonchev–Trinajstić information content (AvgIpc) is 2.89. The van der Waals surface area contributed by atoms with Gasteiger partial charge in [-0.3, -0.25) is 4.79 Å². The Balaban J connectivity index is 2.41. The van der Waals surface area contributed by atoms with E-state index in [0.717, 1.165) is 10.7 Å². The molecule has 0 aliphatic rings. The molecule has 0 aliphatic carbocycles. The molecule has 1 N–H and O–H groups in total. The lowest BCUT2D eigenvalue weighted by atomic mass is 10.3. The van der Waals surface area contributed by atoms with Crippen LogP contribution in [0.3, 0.4) is 0 Å². The first kappa shape index (κ1) is 16.4. The fourth-order valence-corrected chi connectivity index (χ4v) is 2.01. The normalized spacial score (nSPS) is 11.5. The number of nitrogens with zero attached hydrogens (tertiary/aromatic N) is 2. The van der Waals surface area contributed by atoms with Crippen molar-refractivity contribution in [3.8, 4) is 5.69 Å². The Morgan fingerprint density at radius 1 is 1.36 bits per heavy atom. The third-order valence-corrected chi connectivity index (χ3v) is 3.15. The van der Waals surface area contributed by atoms with Crippen LogP contribution in [0.4, 0.5) is 13.2 Å². The molecule has 0 spiro atoms. The topological polar surface area (TPSA) is 46.9 Å². The van der Waals surface area contributed by atoms with Crippen LogP contribution in [0, 0.1) is 0 Å². The van der Waals surface area contributed by atoms with Crippen LogP contribution < -0.4 is 5.32 Å². The molecule has 0 unspecified atom stereocenters. The van der Waals surface area contributed by atoms with Crippen LogP contribution in [0.5, 0.6) is 0 Å². The zero-order chi connectivity index (χ0) is 16.3. The van der Waals surface area contributed by atoms with Gasteiger partial charge in [0.1, 0.15) is 0 Å². The van der Waals surface area contributed by atoms with Gasteiger partial charge in [0.05, 0.1) is 17.9 Å². The first-order valence-corrected chi connectivity index (χ1v) is 6.88. The monoisotopic (exact) mass is 331 g/mol. The Labute approximate surface area is 129 Å². The predicted molar refractivity (Wildman–Crippen MR) is 75.7 cm³/mol. The van der Waals surface area contributed by atoms with Gasteiger partial charge in [-0.1, -0.05) is 24.6 Å². The Hall–Kier alpha value is -2.02. The maximum absolute atomic E-state index is 12.9. The number of nitrogens with one attached hydrogen (secondary N) is 1. The van der Waals surface area contributed by atoms with E-state index in [2.05, 4.69) is 10.4 Å². The highest BCUT2D eigenvalue weighted by Crippen LogP contribution is 2.29. The summed E-state index contributed by atoms with van der Waals surface area (Å²) in [7, 11) is 0. The highest BCUT2D eigenvalue weighted by atomic mass is 35.5. The van der Waals surface area contributed by atoms with Crippen molar-refractivity contribution in [3.63, 3.8) is 0 Å². The minimum atomic E-state index is -4.56. The van der Waals surface area contributed by atoms with Crippen LogP contribution in [-0.4, -0.2) is 15.7 Å². The number of benzene rings is 1. The van der Waals surface area contributed by atoms with E-state index in [-0.39, 0.29) is 24.6 Å². The number of rotatable bonds is 4. The molecule has 8 heteroatoms. The molecule has 1 aromatic carbocycles. The lowest BCUT2D eigenvalue weighted by Gasteiger charge is -2.08. The lowest BCUT2D eigenvalue weighted by Crippen LogP contribution is -2.23. The summed E-state index contributed by atoms with van der Waals surface area (Å²) in [6.07, 6.45) is -4.31. The van der Waals surface area contributed by atoms with Crippen molar-refractivity contribution < 1.29 is 18.0 Å². The SMILES string of the molecule is CCC(=O)NCc1cc(C(F)(F)F)nn1-c1cccc(Cl)c1. The van der Waals surface area contributed by atoms with Gasteiger partial charge in [-0.15, -0.1) is 0 Å². The molecule has 0 radical (unpaired) electrons. The Morgan fingerprint density at radius 2 is 2.09 bits per heavy atom. The number of halogens is 4. The lowest BCUT2D eigenvalue weighted by molar-refractivity contribution is -0.141. The second-order valence-corrected chi connectivity index (χ2v) is 4.98. The van der Waals surface area contributed by atoms with Crippen molar-refractivity contribution in [2.45, 2.75) is 26.1 Å². The molecule has 4 nitrogen and oxygen atoms in total. The molecule has 0 fully saturated rings. The standard InChI is InChI=1S/C14H13ClF3N3O/c1-2-13(22)19-8-11-7-12(14(16,17)18)20-21(11)10-5-3-4-9(15)6-10/h3-7H,2,8H2,1H3,(H,19,22). The van der Waals surface area contributed by atoms with Gasteiger partial charge < -0.3 is 5.32 Å². The molecule has 0 saturated carbocycles. The molecule has 1 aromatic heterocycles. The fourth-order valence-electron chi connectivity index (χ4n) is 1.83. The number of alkyl halides is 3. The Kier molecular flexibility index (Phi) is 4.75. The highest BCUT2D eigenvalue weighted by molar-refractivity contribution is 6.30. The zero-order valence-electron chi connectivity index (χ0n) is 11.6. The van der Waals surface area contributed by atoms with E-state index in [1.807, 2.05) is 0 Å². The summed E-state index contributed by atoms with van der Waals surface area (Å²) in [6.45, 7) is 1.60. The molecule has 0 saturated heterocycles. The highest BCUT2D eigenvalue weighted by Gasteiger charge is 2.35. The van der Waals surface area contributed by atoms with Crippen LogP contribution in [0.2, 0.25) is 5.02 Å². The molecule has 22 heavy (non-hydrogen) atoms. The molecular formula is C14H13ClF3N3O. The third kappa shape index (κ3) is 3.79. The van der Waals surface area contributed by atoms with Crippen molar-refractivity contribution in [3.05, 3.63) is 46.7 Å². The molecule has 2 rings (SSSR count). The van der Waals surface area contributed by atoms with E-state index in [1.54, 1.807) is 25.1 Å². The average molecular weight is 332 g/mol. The van der Waals surface area contributed by atoms with Crippen molar-refractivity contribution >= 4 is 17.5 Å². The Morgan fingerprint density at radius 3 is 2.68 bits per heavy atom. The van der Waals surface area contributed by atoms with Crippen LogP contribution in [0.25, 0.3) is 5.69 Å². The second-order valence-electron chi connectivity index (χ2n) is 4.54. The van der Waals surface area contributed by atoms with Gasteiger partial charge in [0.2, 0.25) is 5.91 Å². The summed E-state index contributed by atoms with van der Waals surface area (Å²) in [4.78, 5) is 11.3. The molecule has 2 aromatic rings. The van der Waals surface area contributed by atoms with E-state index >= 15 is 0 Å². The minimum absolute atomic E-state index is 0.0533.